The summed E-state index contributed by atoms with van der Waals surface area (Å²) in [6, 6.07) is 3.53. The fraction of sp³-hybridized carbons (Fsp3) is 0.533. The van der Waals surface area contributed by atoms with E-state index in [4.69, 9.17) is 15.2 Å². The molecule has 0 fully saturated rings. The minimum Gasteiger partial charge on any atom is -0.493 e. The maximum absolute atomic E-state index is 12.0. The lowest BCUT2D eigenvalue weighted by Crippen LogP contribution is -2.37. The zero-order valence-electron chi connectivity index (χ0n) is 13.5. The lowest BCUT2D eigenvalue weighted by Gasteiger charge is -2.27. The molecule has 0 aromatic heterocycles. The molecule has 0 radical (unpaired) electrons. The Morgan fingerprint density at radius 1 is 1.19 bits per heavy atom. The fourth-order valence-corrected chi connectivity index (χ4v) is 2.02. The largest absolute Gasteiger partial charge is 0.493 e. The van der Waals surface area contributed by atoms with Gasteiger partial charge in [-0.25, -0.2) is 0 Å². The third-order valence-electron chi connectivity index (χ3n) is 3.19. The molecule has 0 heterocycles. The smallest absolute Gasteiger partial charge is 0.241 e. The number of likely N-dealkylation sites (N-methyl/N-ethyl adjacent to an activating group) is 1. The van der Waals surface area contributed by atoms with E-state index in [9.17, 15) is 4.79 Å². The van der Waals surface area contributed by atoms with Gasteiger partial charge in [-0.2, -0.15) is 0 Å². The first-order chi connectivity index (χ1) is 9.94. The number of nitrogens with two attached hydrogens (primary N) is 1. The van der Waals surface area contributed by atoms with Crippen LogP contribution in [0.25, 0.3) is 0 Å². The number of rotatable bonds is 7. The number of hydrogen-bond acceptors (Lipinski definition) is 5. The predicted molar refractivity (Wildman–Crippen MR) is 85.2 cm³/mol. The minimum atomic E-state index is 0.0256. The van der Waals surface area contributed by atoms with E-state index in [0.29, 0.717) is 17.2 Å². The number of ether oxygens (including phenoxy) is 2. The third-order valence-corrected chi connectivity index (χ3v) is 3.19. The molecule has 0 aliphatic rings. The van der Waals surface area contributed by atoms with Gasteiger partial charge in [0, 0.05) is 32.8 Å². The van der Waals surface area contributed by atoms with Gasteiger partial charge in [-0.3, -0.25) is 4.79 Å². The topological polar surface area (TPSA) is 68.0 Å². The molecule has 0 aliphatic carbocycles. The Bertz CT molecular complexity index is 489. The number of carbonyl (C=O) groups is 1. The molecule has 0 spiro atoms. The van der Waals surface area contributed by atoms with E-state index in [-0.39, 0.29) is 12.5 Å². The van der Waals surface area contributed by atoms with Crippen molar-refractivity contribution in [3.8, 4) is 11.5 Å². The molecule has 1 amide bonds. The molecule has 6 heteroatoms. The van der Waals surface area contributed by atoms with Crippen LogP contribution in [0.4, 0.5) is 11.4 Å². The van der Waals surface area contributed by atoms with Gasteiger partial charge in [0.15, 0.2) is 11.5 Å². The Hall–Kier alpha value is -2.11. The molecule has 0 saturated carbocycles. The summed E-state index contributed by atoms with van der Waals surface area (Å²) in [4.78, 5) is 15.5. The Balaban J connectivity index is 3.15. The van der Waals surface area contributed by atoms with Gasteiger partial charge in [-0.1, -0.05) is 6.92 Å². The number of amides is 1. The van der Waals surface area contributed by atoms with E-state index < -0.39 is 0 Å². The number of benzene rings is 1. The van der Waals surface area contributed by atoms with Gasteiger partial charge in [0.25, 0.3) is 0 Å². The number of hydrogen-bond donors (Lipinski definition) is 1. The van der Waals surface area contributed by atoms with Gasteiger partial charge in [-0.05, 0) is 6.42 Å². The second kappa shape index (κ2) is 7.61. The Labute approximate surface area is 126 Å². The Kier molecular flexibility index (Phi) is 6.14. The average Bonchev–Trinajstić information content (AvgIpc) is 2.46. The van der Waals surface area contributed by atoms with Crippen molar-refractivity contribution in [2.45, 2.75) is 13.3 Å². The van der Waals surface area contributed by atoms with Crippen LogP contribution in [0.5, 0.6) is 11.5 Å². The summed E-state index contributed by atoms with van der Waals surface area (Å²) in [5.74, 6) is 1.20. The molecule has 21 heavy (non-hydrogen) atoms. The highest BCUT2D eigenvalue weighted by atomic mass is 16.5. The summed E-state index contributed by atoms with van der Waals surface area (Å²) in [5, 5.41) is 0. The van der Waals surface area contributed by atoms with Crippen molar-refractivity contribution in [2.75, 3.05) is 52.0 Å². The van der Waals surface area contributed by atoms with Crippen molar-refractivity contribution in [3.05, 3.63) is 12.1 Å². The molecule has 0 saturated heterocycles. The van der Waals surface area contributed by atoms with Gasteiger partial charge >= 0.3 is 0 Å². The van der Waals surface area contributed by atoms with Crippen molar-refractivity contribution in [3.63, 3.8) is 0 Å². The van der Waals surface area contributed by atoms with Crippen molar-refractivity contribution in [2.24, 2.45) is 0 Å². The van der Waals surface area contributed by atoms with Gasteiger partial charge in [0.2, 0.25) is 5.91 Å². The van der Waals surface area contributed by atoms with Crippen LogP contribution in [-0.2, 0) is 4.79 Å². The number of nitrogens with zero attached hydrogens (tertiary/aromatic N) is 2. The van der Waals surface area contributed by atoms with Crippen molar-refractivity contribution in [1.82, 2.24) is 4.90 Å². The highest BCUT2D eigenvalue weighted by molar-refractivity contribution is 5.83. The summed E-state index contributed by atoms with van der Waals surface area (Å²) in [7, 11) is 6.62. The molecule has 118 valence electrons. The van der Waals surface area contributed by atoms with E-state index in [2.05, 4.69) is 6.92 Å². The molecule has 2 N–H and O–H groups in total. The highest BCUT2D eigenvalue weighted by Crippen LogP contribution is 2.36. The van der Waals surface area contributed by atoms with Crippen LogP contribution >= 0.6 is 0 Å². The van der Waals surface area contributed by atoms with E-state index in [0.717, 1.165) is 18.7 Å². The van der Waals surface area contributed by atoms with Crippen LogP contribution in [0.1, 0.15) is 13.3 Å². The van der Waals surface area contributed by atoms with Crippen LogP contribution in [0.2, 0.25) is 0 Å². The molecule has 1 aromatic rings. The molecule has 1 rings (SSSR count). The van der Waals surface area contributed by atoms with Crippen molar-refractivity contribution < 1.29 is 14.3 Å². The van der Waals surface area contributed by atoms with Crippen molar-refractivity contribution >= 4 is 17.3 Å². The molecule has 0 bridgehead atoms. The number of carbonyl (C=O) groups excluding carboxylic acids is 1. The molecule has 1 aromatic carbocycles. The molecular formula is C15H25N3O3. The van der Waals surface area contributed by atoms with Crippen LogP contribution in [0, 0.1) is 0 Å². The molecular weight excluding hydrogens is 270 g/mol. The maximum atomic E-state index is 12.0. The first-order valence-electron chi connectivity index (χ1n) is 6.91. The standard InChI is InChI=1S/C15H25N3O3/c1-6-7-18(10-15(19)17(2)3)12-9-14(21-5)13(20-4)8-11(12)16/h8-9H,6-7,10,16H2,1-5H3. The minimum absolute atomic E-state index is 0.0256. The summed E-state index contributed by atoms with van der Waals surface area (Å²) >= 11 is 0. The number of methoxy groups -OCH3 is 2. The lowest BCUT2D eigenvalue weighted by atomic mass is 10.2. The normalized spacial score (nSPS) is 10.1. The predicted octanol–water partition coefficient (Wildman–Crippen LogP) is 1.59. The lowest BCUT2D eigenvalue weighted by molar-refractivity contribution is -0.127. The average molecular weight is 295 g/mol. The molecule has 6 nitrogen and oxygen atoms in total. The van der Waals surface area contributed by atoms with E-state index in [1.54, 1.807) is 39.3 Å². The van der Waals surface area contributed by atoms with Crippen LogP contribution in [0.3, 0.4) is 0 Å². The van der Waals surface area contributed by atoms with Gasteiger partial charge in [0.05, 0.1) is 32.1 Å². The van der Waals surface area contributed by atoms with Gasteiger partial charge in [-0.15, -0.1) is 0 Å². The first-order valence-corrected chi connectivity index (χ1v) is 6.91. The first kappa shape index (κ1) is 16.9. The Morgan fingerprint density at radius 3 is 2.24 bits per heavy atom. The number of nitrogen functional groups attached to an aromatic ring is 1. The van der Waals surface area contributed by atoms with Crippen molar-refractivity contribution in [1.29, 1.82) is 0 Å². The summed E-state index contributed by atoms with van der Waals surface area (Å²) in [6.07, 6.45) is 0.911. The van der Waals surface area contributed by atoms with Gasteiger partial charge < -0.3 is 25.0 Å². The molecule has 0 unspecified atom stereocenters. The number of anilines is 2. The second-order valence-corrected chi connectivity index (χ2v) is 4.98. The van der Waals surface area contributed by atoms with Crippen LogP contribution in [-0.4, -0.2) is 52.2 Å². The SMILES string of the molecule is CCCN(CC(=O)N(C)C)c1cc(OC)c(OC)cc1N. The summed E-state index contributed by atoms with van der Waals surface area (Å²) in [6.45, 7) is 3.07. The second-order valence-electron chi connectivity index (χ2n) is 4.98. The zero-order chi connectivity index (χ0) is 16.0. The third kappa shape index (κ3) is 4.18. The molecule has 0 aliphatic heterocycles. The Morgan fingerprint density at radius 2 is 1.76 bits per heavy atom. The van der Waals surface area contributed by atoms with E-state index >= 15 is 0 Å². The highest BCUT2D eigenvalue weighted by Gasteiger charge is 2.17. The summed E-state index contributed by atoms with van der Waals surface area (Å²) < 4.78 is 10.5. The monoisotopic (exact) mass is 295 g/mol. The maximum Gasteiger partial charge on any atom is 0.241 e. The fourth-order valence-electron chi connectivity index (χ4n) is 2.02. The van der Waals surface area contributed by atoms with E-state index in [1.807, 2.05) is 11.0 Å². The quantitative estimate of drug-likeness (QED) is 0.774. The van der Waals surface area contributed by atoms with Gasteiger partial charge in [0.1, 0.15) is 0 Å². The van der Waals surface area contributed by atoms with E-state index in [1.165, 1.54) is 0 Å². The zero-order valence-corrected chi connectivity index (χ0v) is 13.5. The summed E-state index contributed by atoms with van der Waals surface area (Å²) in [5.41, 5.74) is 7.45. The van der Waals surface area contributed by atoms with Crippen LogP contribution < -0.4 is 20.1 Å². The van der Waals surface area contributed by atoms with Crippen LogP contribution in [0.15, 0.2) is 12.1 Å². The molecule has 0 atom stereocenters.